The Hall–Kier alpha value is -2.77. The van der Waals surface area contributed by atoms with E-state index in [1.165, 1.54) is 24.0 Å². The third-order valence-corrected chi connectivity index (χ3v) is 4.35. The molecule has 1 aliphatic heterocycles. The number of carbonyl (C=O) groups excluding carboxylic acids is 3. The molecule has 0 aromatic heterocycles. The molecule has 28 heavy (non-hydrogen) atoms. The van der Waals surface area contributed by atoms with Gasteiger partial charge < -0.3 is 19.1 Å². The largest absolute Gasteiger partial charge is 0.495 e. The summed E-state index contributed by atoms with van der Waals surface area (Å²) in [5.74, 6) is -0.772. The first-order valence-electron chi connectivity index (χ1n) is 9.15. The SMILES string of the molecule is COC(=O)CN(C(=O)C1CCN(C(=O)OC(C)(C)C)C1)c1ccccc1OC. The van der Waals surface area contributed by atoms with Crippen LogP contribution >= 0.6 is 0 Å². The van der Waals surface area contributed by atoms with Crippen LogP contribution in [0.2, 0.25) is 0 Å². The van der Waals surface area contributed by atoms with Crippen LogP contribution in [0.3, 0.4) is 0 Å². The van der Waals surface area contributed by atoms with Gasteiger partial charge in [-0.3, -0.25) is 14.5 Å². The molecule has 2 rings (SSSR count). The number of rotatable bonds is 5. The molecule has 1 heterocycles. The Kier molecular flexibility index (Phi) is 6.88. The fourth-order valence-electron chi connectivity index (χ4n) is 3.00. The van der Waals surface area contributed by atoms with Crippen LogP contribution in [0.4, 0.5) is 10.5 Å². The number of para-hydroxylation sites is 2. The lowest BCUT2D eigenvalue weighted by molar-refractivity contribution is -0.140. The van der Waals surface area contributed by atoms with Gasteiger partial charge in [0.2, 0.25) is 5.91 Å². The van der Waals surface area contributed by atoms with Crippen molar-refractivity contribution in [1.82, 2.24) is 4.90 Å². The van der Waals surface area contributed by atoms with Crippen molar-refractivity contribution < 1.29 is 28.6 Å². The molecule has 8 heteroatoms. The van der Waals surface area contributed by atoms with Crippen molar-refractivity contribution in [1.29, 1.82) is 0 Å². The average molecular weight is 392 g/mol. The number of carbonyl (C=O) groups is 3. The predicted octanol–water partition coefficient (Wildman–Crippen LogP) is 2.46. The van der Waals surface area contributed by atoms with Gasteiger partial charge in [0.1, 0.15) is 17.9 Å². The highest BCUT2D eigenvalue weighted by Crippen LogP contribution is 2.31. The number of hydrogen-bond donors (Lipinski definition) is 0. The summed E-state index contributed by atoms with van der Waals surface area (Å²) in [6.07, 6.45) is 0.0462. The van der Waals surface area contributed by atoms with E-state index in [0.29, 0.717) is 24.4 Å². The van der Waals surface area contributed by atoms with Crippen molar-refractivity contribution in [2.24, 2.45) is 5.92 Å². The lowest BCUT2D eigenvalue weighted by Gasteiger charge is -2.27. The van der Waals surface area contributed by atoms with Crippen LogP contribution in [0.5, 0.6) is 5.75 Å². The Bertz CT molecular complexity index is 728. The van der Waals surface area contributed by atoms with E-state index in [-0.39, 0.29) is 19.0 Å². The molecule has 8 nitrogen and oxygen atoms in total. The van der Waals surface area contributed by atoms with E-state index < -0.39 is 23.6 Å². The molecule has 1 fully saturated rings. The number of ether oxygens (including phenoxy) is 3. The van der Waals surface area contributed by atoms with Crippen LogP contribution in [-0.4, -0.2) is 62.3 Å². The summed E-state index contributed by atoms with van der Waals surface area (Å²) >= 11 is 0. The number of likely N-dealkylation sites (tertiary alicyclic amines) is 1. The average Bonchev–Trinajstić information content (AvgIpc) is 3.14. The number of methoxy groups -OCH3 is 2. The summed E-state index contributed by atoms with van der Waals surface area (Å²) < 4.78 is 15.5. The Labute approximate surface area is 165 Å². The Morgan fingerprint density at radius 1 is 1.18 bits per heavy atom. The molecule has 1 saturated heterocycles. The molecule has 0 N–H and O–H groups in total. The van der Waals surface area contributed by atoms with Gasteiger partial charge in [0.15, 0.2) is 0 Å². The van der Waals surface area contributed by atoms with Gasteiger partial charge in [0, 0.05) is 13.1 Å². The van der Waals surface area contributed by atoms with Gasteiger partial charge in [-0.25, -0.2) is 4.79 Å². The molecule has 0 spiro atoms. The van der Waals surface area contributed by atoms with Crippen molar-refractivity contribution in [3.05, 3.63) is 24.3 Å². The molecule has 1 unspecified atom stereocenters. The number of amides is 2. The van der Waals surface area contributed by atoms with Gasteiger partial charge in [0.05, 0.1) is 25.8 Å². The maximum atomic E-state index is 13.2. The van der Waals surface area contributed by atoms with E-state index >= 15 is 0 Å². The van der Waals surface area contributed by atoms with E-state index in [1.807, 2.05) is 0 Å². The molecule has 1 aromatic carbocycles. The lowest BCUT2D eigenvalue weighted by atomic mass is 10.1. The first-order valence-corrected chi connectivity index (χ1v) is 9.15. The number of benzene rings is 1. The van der Waals surface area contributed by atoms with Crippen LogP contribution < -0.4 is 9.64 Å². The van der Waals surface area contributed by atoms with Gasteiger partial charge >= 0.3 is 12.1 Å². The van der Waals surface area contributed by atoms with Crippen LogP contribution in [0.1, 0.15) is 27.2 Å². The molecule has 0 saturated carbocycles. The molecule has 1 aliphatic rings. The minimum atomic E-state index is -0.604. The number of anilines is 1. The number of hydrogen-bond acceptors (Lipinski definition) is 6. The van der Waals surface area contributed by atoms with Gasteiger partial charge in [-0.15, -0.1) is 0 Å². The standard InChI is InChI=1S/C20H28N2O6/c1-20(2,3)28-19(25)21-11-10-14(12-21)18(24)22(13-17(23)27-5)15-8-6-7-9-16(15)26-4/h6-9,14H,10-13H2,1-5H3. The fourth-order valence-corrected chi connectivity index (χ4v) is 3.00. The second-order valence-electron chi connectivity index (χ2n) is 7.58. The van der Waals surface area contributed by atoms with Gasteiger partial charge in [0.25, 0.3) is 0 Å². The number of esters is 1. The van der Waals surface area contributed by atoms with Crippen molar-refractivity contribution in [2.45, 2.75) is 32.8 Å². The smallest absolute Gasteiger partial charge is 0.410 e. The van der Waals surface area contributed by atoms with Crippen molar-refractivity contribution in [2.75, 3.05) is 38.8 Å². The molecule has 0 aliphatic carbocycles. The summed E-state index contributed by atoms with van der Waals surface area (Å²) in [7, 11) is 2.77. The second kappa shape index (κ2) is 8.95. The number of nitrogens with zero attached hydrogens (tertiary/aromatic N) is 2. The maximum absolute atomic E-state index is 13.2. The lowest BCUT2D eigenvalue weighted by Crippen LogP contribution is -2.42. The Morgan fingerprint density at radius 3 is 2.46 bits per heavy atom. The van der Waals surface area contributed by atoms with Crippen LogP contribution in [-0.2, 0) is 19.1 Å². The zero-order valence-electron chi connectivity index (χ0n) is 17.1. The van der Waals surface area contributed by atoms with E-state index in [1.54, 1.807) is 45.0 Å². The summed E-state index contributed by atoms with van der Waals surface area (Å²) in [6, 6.07) is 6.97. The normalized spacial score (nSPS) is 16.5. The molecule has 154 valence electrons. The topological polar surface area (TPSA) is 85.4 Å². The van der Waals surface area contributed by atoms with Gasteiger partial charge in [-0.05, 0) is 39.3 Å². The summed E-state index contributed by atoms with van der Waals surface area (Å²) in [6.45, 7) is 5.80. The van der Waals surface area contributed by atoms with Crippen molar-refractivity contribution in [3.63, 3.8) is 0 Å². The molecule has 0 radical (unpaired) electrons. The van der Waals surface area contributed by atoms with E-state index in [4.69, 9.17) is 14.2 Å². The zero-order chi connectivity index (χ0) is 20.9. The van der Waals surface area contributed by atoms with Gasteiger partial charge in [-0.1, -0.05) is 12.1 Å². The molecule has 2 amide bonds. The van der Waals surface area contributed by atoms with Crippen molar-refractivity contribution in [3.8, 4) is 5.75 Å². The minimum Gasteiger partial charge on any atom is -0.495 e. The van der Waals surface area contributed by atoms with E-state index in [9.17, 15) is 14.4 Å². The van der Waals surface area contributed by atoms with Crippen LogP contribution in [0, 0.1) is 5.92 Å². The molecule has 1 atom stereocenters. The molecule has 0 bridgehead atoms. The highest BCUT2D eigenvalue weighted by Gasteiger charge is 2.37. The Balaban J connectivity index is 2.19. The Morgan fingerprint density at radius 2 is 1.86 bits per heavy atom. The van der Waals surface area contributed by atoms with E-state index in [2.05, 4.69) is 0 Å². The molecular formula is C20H28N2O6. The quantitative estimate of drug-likeness (QED) is 0.716. The van der Waals surface area contributed by atoms with Crippen LogP contribution in [0.25, 0.3) is 0 Å². The monoisotopic (exact) mass is 392 g/mol. The first kappa shape index (κ1) is 21.5. The predicted molar refractivity (Wildman–Crippen MR) is 103 cm³/mol. The zero-order valence-corrected chi connectivity index (χ0v) is 17.1. The molecular weight excluding hydrogens is 364 g/mol. The fraction of sp³-hybridized carbons (Fsp3) is 0.550. The van der Waals surface area contributed by atoms with Crippen molar-refractivity contribution >= 4 is 23.7 Å². The third kappa shape index (κ3) is 5.37. The van der Waals surface area contributed by atoms with E-state index in [0.717, 1.165) is 0 Å². The summed E-state index contributed by atoms with van der Waals surface area (Å²) in [4.78, 5) is 40.3. The summed E-state index contributed by atoms with van der Waals surface area (Å²) in [5.41, 5.74) is -0.121. The maximum Gasteiger partial charge on any atom is 0.410 e. The highest BCUT2D eigenvalue weighted by atomic mass is 16.6. The minimum absolute atomic E-state index is 0.237. The summed E-state index contributed by atoms with van der Waals surface area (Å²) in [5, 5.41) is 0. The van der Waals surface area contributed by atoms with Gasteiger partial charge in [-0.2, -0.15) is 0 Å². The third-order valence-electron chi connectivity index (χ3n) is 4.35. The second-order valence-corrected chi connectivity index (χ2v) is 7.58. The first-order chi connectivity index (χ1) is 13.2. The van der Waals surface area contributed by atoms with Crippen LogP contribution in [0.15, 0.2) is 24.3 Å². The molecule has 1 aromatic rings. The highest BCUT2D eigenvalue weighted by molar-refractivity contribution is 6.00.